The maximum atomic E-state index is 12.5. The molecule has 1 heterocycles. The molecular formula is C29H46F2O2. The summed E-state index contributed by atoms with van der Waals surface area (Å²) >= 11 is 0. The van der Waals surface area contributed by atoms with Crippen LogP contribution in [0, 0.1) is 41.4 Å². The first-order chi connectivity index (χ1) is 16.1. The first kappa shape index (κ1) is 25.4. The Morgan fingerprint density at radius 1 is 0.697 bits per heavy atom. The van der Waals surface area contributed by atoms with Gasteiger partial charge in [-0.2, -0.15) is 8.78 Å². The summed E-state index contributed by atoms with van der Waals surface area (Å²) < 4.78 is 37.4. The average molecular weight is 465 g/mol. The maximum Gasteiger partial charge on any atom is 0.266 e. The van der Waals surface area contributed by atoms with E-state index in [2.05, 4.69) is 19.1 Å². The van der Waals surface area contributed by atoms with E-state index in [4.69, 9.17) is 9.47 Å². The number of halogens is 2. The van der Waals surface area contributed by atoms with Crippen molar-refractivity contribution in [3.8, 4) is 0 Å². The Balaban J connectivity index is 1.12. The monoisotopic (exact) mass is 464 g/mol. The highest BCUT2D eigenvalue weighted by Gasteiger charge is 2.37. The van der Waals surface area contributed by atoms with Crippen LogP contribution < -0.4 is 0 Å². The molecule has 0 aromatic carbocycles. The molecule has 0 aromatic heterocycles. The van der Waals surface area contributed by atoms with E-state index in [1.54, 1.807) is 0 Å². The van der Waals surface area contributed by atoms with E-state index in [-0.39, 0.29) is 12.2 Å². The molecule has 2 nitrogen and oxygen atoms in total. The lowest BCUT2D eigenvalue weighted by Crippen LogP contribution is -2.39. The third kappa shape index (κ3) is 7.37. The summed E-state index contributed by atoms with van der Waals surface area (Å²) in [7, 11) is 0. The van der Waals surface area contributed by atoms with Gasteiger partial charge in [-0.15, -0.1) is 0 Å². The number of hydrogen-bond donors (Lipinski definition) is 0. The van der Waals surface area contributed by atoms with Crippen LogP contribution in [0.4, 0.5) is 8.78 Å². The first-order valence-electron chi connectivity index (χ1n) is 14.0. The van der Waals surface area contributed by atoms with Gasteiger partial charge in [0.15, 0.2) is 6.29 Å². The molecule has 0 aromatic rings. The topological polar surface area (TPSA) is 18.5 Å². The standard InChI is InChI=1S/C29H46F2O2/c1-2-3-4-5-22-19-32-29(33-20-22)27-16-14-26(15-17-27)25-12-10-24(11-13-25)23-8-6-21(7-9-23)18-28(30)31/h2-3,18,21-27,29H,4-17,19-20H2,1H3. The van der Waals surface area contributed by atoms with Crippen molar-refractivity contribution >= 4 is 0 Å². The Morgan fingerprint density at radius 2 is 1.15 bits per heavy atom. The second-order valence-corrected chi connectivity index (χ2v) is 11.5. The fourth-order valence-corrected chi connectivity index (χ4v) is 7.43. The summed E-state index contributed by atoms with van der Waals surface area (Å²) in [4.78, 5) is 0. The molecular weight excluding hydrogens is 418 g/mol. The van der Waals surface area contributed by atoms with Gasteiger partial charge in [0.2, 0.25) is 0 Å². The third-order valence-corrected chi connectivity index (χ3v) is 9.50. The minimum absolute atomic E-state index is 0.0375. The summed E-state index contributed by atoms with van der Waals surface area (Å²) in [6.45, 7) is 3.82. The highest BCUT2D eigenvalue weighted by atomic mass is 19.3. The molecule has 4 rings (SSSR count). The molecule has 0 spiro atoms. The van der Waals surface area contributed by atoms with Crippen LogP contribution in [-0.4, -0.2) is 19.5 Å². The molecule has 1 saturated heterocycles. The van der Waals surface area contributed by atoms with Gasteiger partial charge in [-0.05, 0) is 132 Å². The van der Waals surface area contributed by atoms with Crippen LogP contribution in [-0.2, 0) is 9.47 Å². The minimum atomic E-state index is -1.49. The first-order valence-corrected chi connectivity index (χ1v) is 14.0. The molecule has 0 N–H and O–H groups in total. The predicted molar refractivity (Wildman–Crippen MR) is 130 cm³/mol. The molecule has 1 aliphatic heterocycles. The van der Waals surface area contributed by atoms with Gasteiger partial charge in [0, 0.05) is 11.8 Å². The van der Waals surface area contributed by atoms with Gasteiger partial charge in [0.05, 0.1) is 13.2 Å². The van der Waals surface area contributed by atoms with Gasteiger partial charge in [-0.1, -0.05) is 12.2 Å². The molecule has 0 amide bonds. The number of rotatable bonds is 7. The Bertz CT molecular complexity index is 612. The van der Waals surface area contributed by atoms with Crippen LogP contribution in [0.15, 0.2) is 24.3 Å². The van der Waals surface area contributed by atoms with Crippen molar-refractivity contribution < 1.29 is 18.3 Å². The molecule has 33 heavy (non-hydrogen) atoms. The molecule has 0 unspecified atom stereocenters. The Morgan fingerprint density at radius 3 is 1.61 bits per heavy atom. The van der Waals surface area contributed by atoms with E-state index in [0.29, 0.717) is 11.8 Å². The molecule has 3 saturated carbocycles. The predicted octanol–water partition coefficient (Wildman–Crippen LogP) is 8.53. The highest BCUT2D eigenvalue weighted by molar-refractivity contribution is 4.93. The third-order valence-electron chi connectivity index (χ3n) is 9.50. The zero-order valence-corrected chi connectivity index (χ0v) is 20.7. The summed E-state index contributed by atoms with van der Waals surface area (Å²) in [5, 5.41) is 0. The highest BCUT2D eigenvalue weighted by Crippen LogP contribution is 2.46. The zero-order valence-electron chi connectivity index (χ0n) is 20.7. The number of hydrogen-bond acceptors (Lipinski definition) is 2. The number of allylic oxidation sites excluding steroid dienone is 3. The Hall–Kier alpha value is -0.740. The molecule has 0 bridgehead atoms. The van der Waals surface area contributed by atoms with Gasteiger partial charge in [0.1, 0.15) is 0 Å². The van der Waals surface area contributed by atoms with Gasteiger partial charge in [-0.3, -0.25) is 0 Å². The van der Waals surface area contributed by atoms with Crippen LogP contribution in [0.2, 0.25) is 0 Å². The van der Waals surface area contributed by atoms with E-state index in [1.807, 2.05) is 0 Å². The van der Waals surface area contributed by atoms with E-state index in [1.165, 1.54) is 63.9 Å². The quantitative estimate of drug-likeness (QED) is 0.351. The largest absolute Gasteiger partial charge is 0.352 e. The zero-order chi connectivity index (χ0) is 23.0. The second-order valence-electron chi connectivity index (χ2n) is 11.5. The molecule has 0 atom stereocenters. The average Bonchev–Trinajstić information content (AvgIpc) is 2.85. The Kier molecular flexibility index (Phi) is 9.85. The number of ether oxygens (including phenoxy) is 2. The van der Waals surface area contributed by atoms with E-state index >= 15 is 0 Å². The van der Waals surface area contributed by atoms with Crippen molar-refractivity contribution in [3.63, 3.8) is 0 Å². The SMILES string of the molecule is CC=CCCC1COC(C2CCC(C3CCC(C4CCC(C=C(F)F)CC4)CC3)CC2)OC1. The van der Waals surface area contributed by atoms with Crippen LogP contribution in [0.3, 0.4) is 0 Å². The lowest BCUT2D eigenvalue weighted by Gasteiger charge is -2.42. The van der Waals surface area contributed by atoms with Crippen LogP contribution in [0.5, 0.6) is 0 Å². The van der Waals surface area contributed by atoms with E-state index in [0.717, 1.165) is 69.0 Å². The van der Waals surface area contributed by atoms with Crippen molar-refractivity contribution in [2.75, 3.05) is 13.2 Å². The van der Waals surface area contributed by atoms with Gasteiger partial charge in [-0.25, -0.2) is 0 Å². The van der Waals surface area contributed by atoms with Gasteiger partial charge < -0.3 is 9.47 Å². The van der Waals surface area contributed by atoms with Gasteiger partial charge in [0.25, 0.3) is 6.08 Å². The van der Waals surface area contributed by atoms with Crippen molar-refractivity contribution in [2.24, 2.45) is 41.4 Å². The lowest BCUT2D eigenvalue weighted by atomic mass is 9.65. The van der Waals surface area contributed by atoms with E-state index in [9.17, 15) is 8.78 Å². The summed E-state index contributed by atoms with van der Waals surface area (Å²) in [5.74, 6) is 4.71. The van der Waals surface area contributed by atoms with Crippen LogP contribution in [0.25, 0.3) is 0 Å². The molecule has 3 aliphatic carbocycles. The lowest BCUT2D eigenvalue weighted by molar-refractivity contribution is -0.230. The maximum absolute atomic E-state index is 12.5. The Labute approximate surface area is 200 Å². The second kappa shape index (κ2) is 12.8. The molecule has 0 radical (unpaired) electrons. The van der Waals surface area contributed by atoms with Crippen molar-refractivity contribution in [1.29, 1.82) is 0 Å². The summed E-state index contributed by atoms with van der Waals surface area (Å²) in [6, 6.07) is 0. The molecule has 4 fully saturated rings. The van der Waals surface area contributed by atoms with Crippen LogP contribution >= 0.6 is 0 Å². The van der Waals surface area contributed by atoms with E-state index < -0.39 is 6.08 Å². The smallest absolute Gasteiger partial charge is 0.266 e. The fourth-order valence-electron chi connectivity index (χ4n) is 7.43. The van der Waals surface area contributed by atoms with Crippen molar-refractivity contribution in [3.05, 3.63) is 24.3 Å². The molecule has 188 valence electrons. The molecule has 4 heteroatoms. The summed E-state index contributed by atoms with van der Waals surface area (Å²) in [5.41, 5.74) is 0. The van der Waals surface area contributed by atoms with Gasteiger partial charge >= 0.3 is 0 Å². The summed E-state index contributed by atoms with van der Waals surface area (Å²) in [6.07, 6.45) is 21.4. The fraction of sp³-hybridized carbons (Fsp3) is 0.862. The van der Waals surface area contributed by atoms with Crippen LogP contribution in [0.1, 0.15) is 96.8 Å². The van der Waals surface area contributed by atoms with Crippen molar-refractivity contribution in [1.82, 2.24) is 0 Å². The van der Waals surface area contributed by atoms with Crippen molar-refractivity contribution in [2.45, 2.75) is 103 Å². The normalized spacial score (nSPS) is 40.6. The minimum Gasteiger partial charge on any atom is -0.352 e. The molecule has 4 aliphatic rings.